The lowest BCUT2D eigenvalue weighted by atomic mass is 9.88. The highest BCUT2D eigenvalue weighted by Gasteiger charge is 2.36. The van der Waals surface area contributed by atoms with Gasteiger partial charge in [0.2, 0.25) is 29.4 Å². The van der Waals surface area contributed by atoms with Gasteiger partial charge in [-0.3, -0.25) is 28.8 Å². The SMILES string of the molecule is CCC[C@H](NC(=O)[C@@H](C)NC(=O)C1CCCCC1)C(=O)N[C@@H](C[C@@H]1CCCNC1=O)C(=O)C(=O)NC1CC1. The van der Waals surface area contributed by atoms with Crippen molar-refractivity contribution in [1.29, 1.82) is 0 Å². The number of rotatable bonds is 13. The molecule has 0 bridgehead atoms. The standard InChI is InChI=1S/C27H43N5O6/c1-3-8-20(31-23(34)16(2)29-25(36)17-9-5-4-6-10-17)26(37)32-21(15-18-11-7-14-28-24(18)35)22(33)27(38)30-19-12-13-19/h16-21H,3-15H2,1-2H3,(H,28,35)(H,29,36)(H,30,38)(H,31,34)(H,32,37)/t16-,18+,20+,21+/m1/s1. The van der Waals surface area contributed by atoms with E-state index in [1.165, 1.54) is 0 Å². The molecule has 11 heteroatoms. The molecule has 0 spiro atoms. The summed E-state index contributed by atoms with van der Waals surface area (Å²) < 4.78 is 0. The molecule has 1 saturated heterocycles. The highest BCUT2D eigenvalue weighted by molar-refractivity contribution is 6.38. The van der Waals surface area contributed by atoms with E-state index >= 15 is 0 Å². The van der Waals surface area contributed by atoms with Gasteiger partial charge in [0, 0.05) is 24.4 Å². The minimum atomic E-state index is -1.19. The van der Waals surface area contributed by atoms with Crippen LogP contribution in [0.1, 0.15) is 90.9 Å². The van der Waals surface area contributed by atoms with E-state index in [9.17, 15) is 28.8 Å². The molecule has 2 aliphatic carbocycles. The molecule has 5 amide bonds. The maximum absolute atomic E-state index is 13.3. The van der Waals surface area contributed by atoms with Gasteiger partial charge in [-0.05, 0) is 58.3 Å². The zero-order valence-electron chi connectivity index (χ0n) is 22.6. The van der Waals surface area contributed by atoms with E-state index in [-0.39, 0.29) is 30.2 Å². The van der Waals surface area contributed by atoms with Crippen LogP contribution in [-0.2, 0) is 28.8 Å². The summed E-state index contributed by atoms with van der Waals surface area (Å²) in [5.41, 5.74) is 0. The fourth-order valence-electron chi connectivity index (χ4n) is 5.11. The molecule has 0 radical (unpaired) electrons. The first-order valence-corrected chi connectivity index (χ1v) is 14.2. The lowest BCUT2D eigenvalue weighted by Crippen LogP contribution is -2.57. The summed E-state index contributed by atoms with van der Waals surface area (Å²) >= 11 is 0. The molecule has 3 aliphatic rings. The Bertz CT molecular complexity index is 898. The van der Waals surface area contributed by atoms with E-state index in [4.69, 9.17) is 0 Å². The minimum Gasteiger partial charge on any atom is -0.356 e. The third kappa shape index (κ3) is 8.80. The van der Waals surface area contributed by atoms with Gasteiger partial charge in [-0.15, -0.1) is 0 Å². The van der Waals surface area contributed by atoms with Crippen molar-refractivity contribution in [2.75, 3.05) is 6.54 Å². The van der Waals surface area contributed by atoms with Crippen molar-refractivity contribution in [3.63, 3.8) is 0 Å². The van der Waals surface area contributed by atoms with Crippen LogP contribution >= 0.6 is 0 Å². The van der Waals surface area contributed by atoms with E-state index in [0.717, 1.165) is 51.4 Å². The number of amides is 5. The van der Waals surface area contributed by atoms with E-state index in [1.54, 1.807) is 6.92 Å². The average Bonchev–Trinajstić information content (AvgIpc) is 3.73. The van der Waals surface area contributed by atoms with Gasteiger partial charge < -0.3 is 26.6 Å². The summed E-state index contributed by atoms with van der Waals surface area (Å²) in [4.78, 5) is 76.5. The number of Topliss-reactive ketones (excluding diaryl/α,β-unsaturated/α-hetero) is 1. The predicted molar refractivity (Wildman–Crippen MR) is 139 cm³/mol. The van der Waals surface area contributed by atoms with Crippen molar-refractivity contribution in [3.05, 3.63) is 0 Å². The molecule has 5 N–H and O–H groups in total. The smallest absolute Gasteiger partial charge is 0.289 e. The fourth-order valence-corrected chi connectivity index (χ4v) is 5.11. The van der Waals surface area contributed by atoms with Crippen LogP contribution in [0.15, 0.2) is 0 Å². The number of ketones is 1. The van der Waals surface area contributed by atoms with Crippen LogP contribution in [-0.4, -0.2) is 66.0 Å². The van der Waals surface area contributed by atoms with Crippen LogP contribution in [0.4, 0.5) is 0 Å². The Kier molecular flexibility index (Phi) is 11.1. The second-order valence-corrected chi connectivity index (χ2v) is 11.0. The summed E-state index contributed by atoms with van der Waals surface area (Å²) in [5, 5.41) is 13.5. The molecule has 0 aromatic heterocycles. The molecule has 1 aliphatic heterocycles. The molecule has 4 atom stereocenters. The monoisotopic (exact) mass is 533 g/mol. The van der Waals surface area contributed by atoms with Gasteiger partial charge in [0.15, 0.2) is 0 Å². The number of carbonyl (C=O) groups excluding carboxylic acids is 6. The first kappa shape index (κ1) is 29.6. The minimum absolute atomic E-state index is 0.00906. The number of hydrogen-bond donors (Lipinski definition) is 5. The van der Waals surface area contributed by atoms with Gasteiger partial charge >= 0.3 is 0 Å². The van der Waals surface area contributed by atoms with Crippen molar-refractivity contribution < 1.29 is 28.8 Å². The number of hydrogen-bond acceptors (Lipinski definition) is 6. The fraction of sp³-hybridized carbons (Fsp3) is 0.778. The van der Waals surface area contributed by atoms with Crippen LogP contribution in [0.3, 0.4) is 0 Å². The summed E-state index contributed by atoms with van der Waals surface area (Å²) in [6.45, 7) is 3.99. The van der Waals surface area contributed by atoms with Gasteiger partial charge in [-0.1, -0.05) is 32.6 Å². The van der Waals surface area contributed by atoms with E-state index in [2.05, 4.69) is 26.6 Å². The lowest BCUT2D eigenvalue weighted by molar-refractivity contribution is -0.141. The molecule has 38 heavy (non-hydrogen) atoms. The Labute approximate surface area is 224 Å². The van der Waals surface area contributed by atoms with Crippen molar-refractivity contribution in [2.45, 2.75) is 115 Å². The summed E-state index contributed by atoms with van der Waals surface area (Å²) in [5.74, 6) is -3.61. The zero-order chi connectivity index (χ0) is 27.7. The van der Waals surface area contributed by atoms with Crippen LogP contribution in [0, 0.1) is 11.8 Å². The topological polar surface area (TPSA) is 163 Å². The molecule has 0 unspecified atom stereocenters. The lowest BCUT2D eigenvalue weighted by Gasteiger charge is -2.28. The van der Waals surface area contributed by atoms with Crippen LogP contribution < -0.4 is 26.6 Å². The Morgan fingerprint density at radius 1 is 0.868 bits per heavy atom. The second kappa shape index (κ2) is 14.2. The molecule has 1 heterocycles. The van der Waals surface area contributed by atoms with Crippen molar-refractivity contribution in [2.24, 2.45) is 11.8 Å². The van der Waals surface area contributed by atoms with Crippen LogP contribution in [0.5, 0.6) is 0 Å². The second-order valence-electron chi connectivity index (χ2n) is 11.0. The molecule has 212 valence electrons. The molecule has 3 rings (SSSR count). The third-order valence-corrected chi connectivity index (χ3v) is 7.63. The molecule has 0 aromatic rings. The first-order chi connectivity index (χ1) is 18.2. The normalized spacial score (nSPS) is 22.3. The van der Waals surface area contributed by atoms with Gasteiger partial charge in [-0.25, -0.2) is 0 Å². The average molecular weight is 534 g/mol. The Hall–Kier alpha value is -2.98. The highest BCUT2D eigenvalue weighted by Crippen LogP contribution is 2.24. The maximum atomic E-state index is 13.3. The summed E-state index contributed by atoms with van der Waals surface area (Å²) in [6, 6.07) is -3.00. The van der Waals surface area contributed by atoms with Gasteiger partial charge in [0.05, 0.1) is 6.04 Å². The molecule has 0 aromatic carbocycles. The molecule has 3 fully saturated rings. The van der Waals surface area contributed by atoms with Crippen molar-refractivity contribution in [1.82, 2.24) is 26.6 Å². The Balaban J connectivity index is 1.62. The summed E-state index contributed by atoms with van der Waals surface area (Å²) in [7, 11) is 0. The van der Waals surface area contributed by atoms with E-state index < -0.39 is 47.5 Å². The Morgan fingerprint density at radius 2 is 1.55 bits per heavy atom. The molecular weight excluding hydrogens is 490 g/mol. The van der Waals surface area contributed by atoms with Crippen molar-refractivity contribution >= 4 is 35.3 Å². The zero-order valence-corrected chi connectivity index (χ0v) is 22.6. The first-order valence-electron chi connectivity index (χ1n) is 14.2. The van der Waals surface area contributed by atoms with Crippen molar-refractivity contribution in [3.8, 4) is 0 Å². The Morgan fingerprint density at radius 3 is 2.18 bits per heavy atom. The van der Waals surface area contributed by atoms with Crippen LogP contribution in [0.2, 0.25) is 0 Å². The van der Waals surface area contributed by atoms with Crippen LogP contribution in [0.25, 0.3) is 0 Å². The third-order valence-electron chi connectivity index (χ3n) is 7.63. The van der Waals surface area contributed by atoms with Gasteiger partial charge in [0.25, 0.3) is 5.91 Å². The highest BCUT2D eigenvalue weighted by atomic mass is 16.2. The van der Waals surface area contributed by atoms with Gasteiger partial charge in [-0.2, -0.15) is 0 Å². The number of piperidine rings is 1. The molecule has 2 saturated carbocycles. The van der Waals surface area contributed by atoms with Gasteiger partial charge in [0.1, 0.15) is 12.1 Å². The van der Waals surface area contributed by atoms with E-state index in [1.807, 2.05) is 6.92 Å². The molecular formula is C27H43N5O6. The number of nitrogens with one attached hydrogen (secondary N) is 5. The maximum Gasteiger partial charge on any atom is 0.289 e. The predicted octanol–water partition coefficient (Wildman–Crippen LogP) is 0.605. The number of carbonyl (C=O) groups is 6. The van der Waals surface area contributed by atoms with E-state index in [0.29, 0.717) is 25.8 Å². The molecule has 11 nitrogen and oxygen atoms in total. The summed E-state index contributed by atoms with van der Waals surface area (Å²) in [6.07, 6.45) is 8.54. The largest absolute Gasteiger partial charge is 0.356 e. The quantitative estimate of drug-likeness (QED) is 0.218.